The van der Waals surface area contributed by atoms with E-state index in [4.69, 9.17) is 11.6 Å². The van der Waals surface area contributed by atoms with E-state index in [1.807, 2.05) is 30.3 Å². The molecule has 3 aromatic rings. The summed E-state index contributed by atoms with van der Waals surface area (Å²) in [6.45, 7) is 0. The summed E-state index contributed by atoms with van der Waals surface area (Å²) in [6, 6.07) is 9.94. The van der Waals surface area contributed by atoms with Crippen LogP contribution in [0.2, 0.25) is 5.02 Å². The van der Waals surface area contributed by atoms with Crippen LogP contribution < -0.4 is 0 Å². The minimum atomic E-state index is 0.733. The summed E-state index contributed by atoms with van der Waals surface area (Å²) in [5.41, 5.74) is 0.966. The summed E-state index contributed by atoms with van der Waals surface area (Å²) in [4.78, 5) is 5.76. The van der Waals surface area contributed by atoms with Crippen molar-refractivity contribution in [2.45, 2.75) is 0 Å². The first-order valence-electron chi connectivity index (χ1n) is 5.09. The van der Waals surface area contributed by atoms with E-state index in [0.717, 1.165) is 15.5 Å². The first-order valence-corrected chi connectivity index (χ1v) is 7.16. The van der Waals surface area contributed by atoms with Crippen LogP contribution in [0.15, 0.2) is 35.7 Å². The van der Waals surface area contributed by atoms with Crippen molar-refractivity contribution in [1.82, 2.24) is 4.98 Å². The number of halogens is 1. The van der Waals surface area contributed by atoms with E-state index >= 15 is 0 Å². The van der Waals surface area contributed by atoms with Gasteiger partial charge in [0.25, 0.3) is 0 Å². The average molecular weight is 278 g/mol. The van der Waals surface area contributed by atoms with Crippen LogP contribution in [0, 0.1) is 0 Å². The molecule has 0 N–H and O–H groups in total. The number of rotatable bonds is 2. The summed E-state index contributed by atoms with van der Waals surface area (Å²) in [5, 5.41) is 3.81. The van der Waals surface area contributed by atoms with Gasteiger partial charge in [-0.3, -0.25) is 0 Å². The van der Waals surface area contributed by atoms with Gasteiger partial charge in [0.2, 0.25) is 0 Å². The number of hydrogen-bond donors (Lipinski definition) is 0. The molecule has 0 atom stereocenters. The summed E-state index contributed by atoms with van der Waals surface area (Å²) in [7, 11) is 0. The normalized spacial score (nSPS) is 11.6. The SMILES string of the molecule is Clc1ccc2sc(/C=C/c3cccs3)nc2c1. The highest BCUT2D eigenvalue weighted by molar-refractivity contribution is 7.19. The number of fused-ring (bicyclic) bond motifs is 1. The molecule has 2 heterocycles. The Morgan fingerprint density at radius 2 is 2.12 bits per heavy atom. The lowest BCUT2D eigenvalue weighted by molar-refractivity contribution is 1.47. The molecule has 0 saturated carbocycles. The topological polar surface area (TPSA) is 12.9 Å². The molecule has 84 valence electrons. The second-order valence-corrected chi connectivity index (χ2v) is 5.99. The second kappa shape index (κ2) is 4.61. The standard InChI is InChI=1S/C13H8ClNS2/c14-9-3-5-12-11(8-9)15-13(17-12)6-4-10-2-1-7-16-10/h1-8H/b6-4+. The molecule has 0 saturated heterocycles. The highest BCUT2D eigenvalue weighted by Gasteiger charge is 2.01. The minimum absolute atomic E-state index is 0.733. The van der Waals surface area contributed by atoms with Gasteiger partial charge in [-0.25, -0.2) is 4.98 Å². The van der Waals surface area contributed by atoms with E-state index < -0.39 is 0 Å². The fourth-order valence-corrected chi connectivity index (χ4v) is 3.16. The Bertz CT molecular complexity index is 668. The van der Waals surface area contributed by atoms with E-state index in [1.165, 1.54) is 9.58 Å². The van der Waals surface area contributed by atoms with E-state index in [-0.39, 0.29) is 0 Å². The molecular weight excluding hydrogens is 270 g/mol. The van der Waals surface area contributed by atoms with Crippen LogP contribution >= 0.6 is 34.3 Å². The zero-order valence-corrected chi connectivity index (χ0v) is 11.1. The third-order valence-electron chi connectivity index (χ3n) is 2.30. The van der Waals surface area contributed by atoms with Gasteiger partial charge in [0.1, 0.15) is 5.01 Å². The van der Waals surface area contributed by atoms with Crippen molar-refractivity contribution in [2.75, 3.05) is 0 Å². The summed E-state index contributed by atoms with van der Waals surface area (Å²) in [6.07, 6.45) is 4.13. The van der Waals surface area contributed by atoms with Crippen molar-refractivity contribution >= 4 is 56.6 Å². The van der Waals surface area contributed by atoms with Crippen molar-refractivity contribution in [2.24, 2.45) is 0 Å². The van der Waals surface area contributed by atoms with Gasteiger partial charge in [-0.1, -0.05) is 17.7 Å². The molecule has 3 rings (SSSR count). The van der Waals surface area contributed by atoms with Crippen molar-refractivity contribution in [3.63, 3.8) is 0 Å². The molecule has 1 aromatic carbocycles. The molecule has 2 aromatic heterocycles. The first-order chi connectivity index (χ1) is 8.31. The molecule has 0 radical (unpaired) electrons. The maximum absolute atomic E-state index is 5.93. The van der Waals surface area contributed by atoms with Crippen molar-refractivity contribution in [1.29, 1.82) is 0 Å². The van der Waals surface area contributed by atoms with Crippen LogP contribution in [0.3, 0.4) is 0 Å². The third kappa shape index (κ3) is 2.41. The zero-order chi connectivity index (χ0) is 11.7. The van der Waals surface area contributed by atoms with Gasteiger partial charge in [-0.05, 0) is 41.8 Å². The molecule has 1 nitrogen and oxygen atoms in total. The highest BCUT2D eigenvalue weighted by atomic mass is 35.5. The summed E-state index contributed by atoms with van der Waals surface area (Å²) >= 11 is 9.33. The van der Waals surface area contributed by atoms with Gasteiger partial charge >= 0.3 is 0 Å². The molecule has 0 spiro atoms. The van der Waals surface area contributed by atoms with Crippen LogP contribution in [0.25, 0.3) is 22.4 Å². The number of nitrogens with zero attached hydrogens (tertiary/aromatic N) is 1. The highest BCUT2D eigenvalue weighted by Crippen LogP contribution is 2.26. The number of benzene rings is 1. The molecule has 17 heavy (non-hydrogen) atoms. The van der Waals surface area contributed by atoms with Gasteiger partial charge in [-0.2, -0.15) is 0 Å². The molecule has 0 aliphatic heterocycles. The Hall–Kier alpha value is -1.16. The van der Waals surface area contributed by atoms with Crippen LogP contribution in [-0.2, 0) is 0 Å². The Morgan fingerprint density at radius 1 is 1.18 bits per heavy atom. The van der Waals surface area contributed by atoms with Crippen LogP contribution in [0.5, 0.6) is 0 Å². The Kier molecular flexibility index (Phi) is 2.97. The summed E-state index contributed by atoms with van der Waals surface area (Å²) < 4.78 is 1.17. The Balaban J connectivity index is 1.96. The van der Waals surface area contributed by atoms with Crippen LogP contribution in [0.4, 0.5) is 0 Å². The predicted molar refractivity (Wildman–Crippen MR) is 77.9 cm³/mol. The largest absolute Gasteiger partial charge is 0.237 e. The first kappa shape index (κ1) is 11.0. The number of thiazole rings is 1. The maximum atomic E-state index is 5.93. The molecule has 0 bridgehead atoms. The van der Waals surface area contributed by atoms with Gasteiger partial charge in [0.05, 0.1) is 10.2 Å². The molecule has 4 heteroatoms. The molecule has 0 fully saturated rings. The molecular formula is C13H8ClNS2. The van der Waals surface area contributed by atoms with E-state index in [2.05, 4.69) is 22.5 Å². The monoisotopic (exact) mass is 277 g/mol. The van der Waals surface area contributed by atoms with E-state index in [1.54, 1.807) is 22.7 Å². The third-order valence-corrected chi connectivity index (χ3v) is 4.37. The summed E-state index contributed by atoms with van der Waals surface area (Å²) in [5.74, 6) is 0. The van der Waals surface area contributed by atoms with Gasteiger partial charge < -0.3 is 0 Å². The van der Waals surface area contributed by atoms with Gasteiger partial charge in [-0.15, -0.1) is 22.7 Å². The average Bonchev–Trinajstić information content (AvgIpc) is 2.94. The van der Waals surface area contributed by atoms with Crippen molar-refractivity contribution in [3.8, 4) is 0 Å². The van der Waals surface area contributed by atoms with Crippen molar-refractivity contribution < 1.29 is 0 Å². The molecule has 0 unspecified atom stereocenters. The Labute approximate surface area is 112 Å². The maximum Gasteiger partial charge on any atom is 0.117 e. The second-order valence-electron chi connectivity index (χ2n) is 3.51. The van der Waals surface area contributed by atoms with Crippen LogP contribution in [-0.4, -0.2) is 4.98 Å². The lowest BCUT2D eigenvalue weighted by Crippen LogP contribution is -1.69. The van der Waals surface area contributed by atoms with E-state index in [0.29, 0.717) is 0 Å². The minimum Gasteiger partial charge on any atom is -0.237 e. The number of thiophene rings is 1. The zero-order valence-electron chi connectivity index (χ0n) is 8.76. The number of aromatic nitrogens is 1. The fourth-order valence-electron chi connectivity index (χ4n) is 1.53. The van der Waals surface area contributed by atoms with E-state index in [9.17, 15) is 0 Å². The van der Waals surface area contributed by atoms with Crippen LogP contribution in [0.1, 0.15) is 9.88 Å². The Morgan fingerprint density at radius 3 is 2.94 bits per heavy atom. The predicted octanol–water partition coefficient (Wildman–Crippen LogP) is 5.18. The van der Waals surface area contributed by atoms with Gasteiger partial charge in [0, 0.05) is 9.90 Å². The quantitative estimate of drug-likeness (QED) is 0.629. The lowest BCUT2D eigenvalue weighted by Gasteiger charge is -1.86. The van der Waals surface area contributed by atoms with Gasteiger partial charge in [0.15, 0.2) is 0 Å². The fraction of sp³-hybridized carbons (Fsp3) is 0. The molecule has 0 aliphatic rings. The smallest absolute Gasteiger partial charge is 0.117 e. The number of hydrogen-bond acceptors (Lipinski definition) is 3. The molecule has 0 amide bonds. The lowest BCUT2D eigenvalue weighted by atomic mass is 10.3. The van der Waals surface area contributed by atoms with Crippen molar-refractivity contribution in [3.05, 3.63) is 50.6 Å². The molecule has 0 aliphatic carbocycles.